The molecule has 0 aliphatic heterocycles. The van der Waals surface area contributed by atoms with Gasteiger partial charge in [0.15, 0.2) is 0 Å². The quantitative estimate of drug-likeness (QED) is 0.124. The van der Waals surface area contributed by atoms with Gasteiger partial charge < -0.3 is 10.1 Å². The molecule has 0 aromatic heterocycles. The maximum Gasteiger partial charge on any atom is 0.344 e. The minimum atomic E-state index is -0.965. The Labute approximate surface area is 210 Å². The molecule has 0 unspecified atom stereocenters. The highest BCUT2D eigenvalue weighted by molar-refractivity contribution is 6.43. The van der Waals surface area contributed by atoms with E-state index in [1.165, 1.54) is 24.4 Å². The summed E-state index contributed by atoms with van der Waals surface area (Å²) in [5, 5.41) is 8.49. The van der Waals surface area contributed by atoms with Crippen LogP contribution in [0.5, 0.6) is 5.75 Å². The Morgan fingerprint density at radius 2 is 1.54 bits per heavy atom. The van der Waals surface area contributed by atoms with Crippen molar-refractivity contribution in [3.63, 3.8) is 0 Å². The van der Waals surface area contributed by atoms with Crippen LogP contribution in [0.25, 0.3) is 10.8 Å². The van der Waals surface area contributed by atoms with E-state index in [1.54, 1.807) is 36.4 Å². The summed E-state index contributed by atoms with van der Waals surface area (Å²) >= 11 is 11.7. The van der Waals surface area contributed by atoms with Crippen LogP contribution in [0.15, 0.2) is 90.0 Å². The molecule has 0 aliphatic rings. The number of hydrogen-bond acceptors (Lipinski definition) is 5. The number of hydrogen-bond donors (Lipinski definition) is 2. The van der Waals surface area contributed by atoms with E-state index in [0.717, 1.165) is 10.8 Å². The third-order valence-electron chi connectivity index (χ3n) is 4.86. The summed E-state index contributed by atoms with van der Waals surface area (Å²) in [5.74, 6) is -2.00. The van der Waals surface area contributed by atoms with Crippen LogP contribution in [0, 0.1) is 0 Å². The Bertz CT molecular complexity index is 1450. The van der Waals surface area contributed by atoms with Crippen molar-refractivity contribution in [2.75, 3.05) is 5.32 Å². The number of fused-ring (bicyclic) bond motifs is 1. The smallest absolute Gasteiger partial charge is 0.344 e. The van der Waals surface area contributed by atoms with Gasteiger partial charge in [0.25, 0.3) is 0 Å². The van der Waals surface area contributed by atoms with E-state index < -0.39 is 17.8 Å². The Kier molecular flexibility index (Phi) is 7.40. The van der Waals surface area contributed by atoms with Gasteiger partial charge in [-0.15, -0.1) is 0 Å². The Morgan fingerprint density at radius 1 is 0.800 bits per heavy atom. The lowest BCUT2D eigenvalue weighted by Gasteiger charge is -2.07. The molecule has 0 saturated heterocycles. The zero-order chi connectivity index (χ0) is 24.8. The second-order valence-electron chi connectivity index (χ2n) is 7.27. The molecule has 0 fully saturated rings. The van der Waals surface area contributed by atoms with E-state index in [2.05, 4.69) is 15.8 Å². The number of nitrogens with one attached hydrogen (secondary N) is 2. The van der Waals surface area contributed by atoms with Crippen molar-refractivity contribution in [1.82, 2.24) is 5.43 Å². The van der Waals surface area contributed by atoms with Crippen molar-refractivity contribution in [2.45, 2.75) is 0 Å². The van der Waals surface area contributed by atoms with E-state index in [0.29, 0.717) is 27.6 Å². The van der Waals surface area contributed by atoms with E-state index in [-0.39, 0.29) is 5.02 Å². The molecule has 0 radical (unpaired) electrons. The molecule has 4 aromatic rings. The number of halogens is 2. The molecule has 0 spiro atoms. The van der Waals surface area contributed by atoms with Crippen LogP contribution in [0.3, 0.4) is 0 Å². The molecule has 4 aromatic carbocycles. The molecule has 9 heteroatoms. The van der Waals surface area contributed by atoms with Gasteiger partial charge in [0.05, 0.1) is 21.8 Å². The molecule has 174 valence electrons. The van der Waals surface area contributed by atoms with Gasteiger partial charge >= 0.3 is 17.8 Å². The molecular weight excluding hydrogens is 489 g/mol. The second-order valence-corrected chi connectivity index (χ2v) is 8.08. The first kappa shape index (κ1) is 23.9. The number of nitrogens with zero attached hydrogens (tertiary/aromatic N) is 1. The first-order chi connectivity index (χ1) is 16.9. The van der Waals surface area contributed by atoms with Gasteiger partial charge in [-0.25, -0.2) is 10.2 Å². The lowest BCUT2D eigenvalue weighted by atomic mass is 10.0. The fourth-order valence-electron chi connectivity index (χ4n) is 3.17. The van der Waals surface area contributed by atoms with E-state index in [4.69, 9.17) is 27.9 Å². The summed E-state index contributed by atoms with van der Waals surface area (Å²) in [7, 11) is 0. The minimum Gasteiger partial charge on any atom is -0.423 e. The normalized spacial score (nSPS) is 10.8. The van der Waals surface area contributed by atoms with Crippen LogP contribution in [-0.4, -0.2) is 24.0 Å². The third kappa shape index (κ3) is 6.03. The number of hydrazone groups is 1. The monoisotopic (exact) mass is 505 g/mol. The zero-order valence-electron chi connectivity index (χ0n) is 18.0. The molecule has 0 bridgehead atoms. The predicted molar refractivity (Wildman–Crippen MR) is 136 cm³/mol. The molecule has 2 N–H and O–H groups in total. The molecular formula is C26H17Cl2N3O4. The lowest BCUT2D eigenvalue weighted by molar-refractivity contribution is -0.136. The van der Waals surface area contributed by atoms with Crippen LogP contribution < -0.4 is 15.5 Å². The van der Waals surface area contributed by atoms with Gasteiger partial charge in [-0.3, -0.25) is 9.59 Å². The fourth-order valence-corrected chi connectivity index (χ4v) is 3.46. The molecule has 4 rings (SSSR count). The van der Waals surface area contributed by atoms with Crippen LogP contribution in [0.2, 0.25) is 10.0 Å². The highest BCUT2D eigenvalue weighted by Gasteiger charge is 2.14. The first-order valence-corrected chi connectivity index (χ1v) is 11.1. The van der Waals surface area contributed by atoms with Crippen LogP contribution in [-0.2, 0) is 9.59 Å². The van der Waals surface area contributed by atoms with Crippen molar-refractivity contribution >= 4 is 63.7 Å². The van der Waals surface area contributed by atoms with Crippen LogP contribution in [0.4, 0.5) is 5.69 Å². The standard InChI is InChI=1S/C26H17Cl2N3O4/c27-22-13-10-18(14-23(22)28)30-24(32)25(33)31-29-15-16-8-11-19(12-9-16)35-26(34)21-7-3-5-17-4-1-2-6-20(17)21/h1-15H,(H,30,32)(H,31,33)/b29-15+. The highest BCUT2D eigenvalue weighted by atomic mass is 35.5. The Balaban J connectivity index is 1.32. The van der Waals surface area contributed by atoms with Crippen LogP contribution in [0.1, 0.15) is 15.9 Å². The van der Waals surface area contributed by atoms with Gasteiger partial charge in [-0.1, -0.05) is 59.6 Å². The molecule has 2 amide bonds. The summed E-state index contributed by atoms with van der Waals surface area (Å²) < 4.78 is 5.49. The number of anilines is 1. The van der Waals surface area contributed by atoms with E-state index >= 15 is 0 Å². The summed E-state index contributed by atoms with van der Waals surface area (Å²) in [6.45, 7) is 0. The molecule has 0 aliphatic carbocycles. The molecule has 35 heavy (non-hydrogen) atoms. The van der Waals surface area contributed by atoms with Crippen molar-refractivity contribution < 1.29 is 19.1 Å². The first-order valence-electron chi connectivity index (χ1n) is 10.3. The summed E-state index contributed by atoms with van der Waals surface area (Å²) in [5.41, 5.74) is 3.53. The van der Waals surface area contributed by atoms with E-state index in [1.807, 2.05) is 30.3 Å². The lowest BCUT2D eigenvalue weighted by Crippen LogP contribution is -2.32. The van der Waals surface area contributed by atoms with E-state index in [9.17, 15) is 14.4 Å². The number of benzene rings is 4. The molecule has 0 saturated carbocycles. The Hall–Kier alpha value is -4.20. The summed E-state index contributed by atoms with van der Waals surface area (Å²) in [6.07, 6.45) is 1.35. The summed E-state index contributed by atoms with van der Waals surface area (Å²) in [4.78, 5) is 36.6. The van der Waals surface area contributed by atoms with Gasteiger partial charge in [-0.2, -0.15) is 5.10 Å². The van der Waals surface area contributed by atoms with Gasteiger partial charge in [-0.05, 0) is 64.9 Å². The maximum atomic E-state index is 12.6. The van der Waals surface area contributed by atoms with Crippen molar-refractivity contribution in [1.29, 1.82) is 0 Å². The fraction of sp³-hybridized carbons (Fsp3) is 0. The maximum absolute atomic E-state index is 12.6. The van der Waals surface area contributed by atoms with Crippen molar-refractivity contribution in [2.24, 2.45) is 5.10 Å². The zero-order valence-corrected chi connectivity index (χ0v) is 19.5. The Morgan fingerprint density at radius 3 is 2.31 bits per heavy atom. The second kappa shape index (κ2) is 10.8. The molecule has 0 heterocycles. The van der Waals surface area contributed by atoms with Crippen molar-refractivity contribution in [3.05, 3.63) is 106 Å². The topological polar surface area (TPSA) is 96.9 Å². The third-order valence-corrected chi connectivity index (χ3v) is 5.60. The molecule has 7 nitrogen and oxygen atoms in total. The van der Waals surface area contributed by atoms with Crippen LogP contribution >= 0.6 is 23.2 Å². The minimum absolute atomic E-state index is 0.245. The molecule has 0 atom stereocenters. The SMILES string of the molecule is O=C(N/N=C/c1ccc(OC(=O)c2cccc3ccccc23)cc1)C(=O)Nc1ccc(Cl)c(Cl)c1. The number of carbonyl (C=O) groups excluding carboxylic acids is 3. The number of amides is 2. The van der Waals surface area contributed by atoms with Gasteiger partial charge in [0.2, 0.25) is 0 Å². The van der Waals surface area contributed by atoms with Crippen molar-refractivity contribution in [3.8, 4) is 5.75 Å². The number of esters is 1. The summed E-state index contributed by atoms with van der Waals surface area (Å²) in [6, 6.07) is 23.9. The number of ether oxygens (including phenoxy) is 1. The largest absolute Gasteiger partial charge is 0.423 e. The highest BCUT2D eigenvalue weighted by Crippen LogP contribution is 2.25. The van der Waals surface area contributed by atoms with Gasteiger partial charge in [0, 0.05) is 5.69 Å². The average Bonchev–Trinajstić information content (AvgIpc) is 2.86. The number of rotatable bonds is 5. The average molecular weight is 506 g/mol. The van der Waals surface area contributed by atoms with Gasteiger partial charge in [0.1, 0.15) is 5.75 Å². The predicted octanol–water partition coefficient (Wildman–Crippen LogP) is 5.45. The number of carbonyl (C=O) groups is 3.